The van der Waals surface area contributed by atoms with Crippen LogP contribution in [0.15, 0.2) is 80.1 Å². The summed E-state index contributed by atoms with van der Waals surface area (Å²) in [5.74, 6) is 1.06. The van der Waals surface area contributed by atoms with Gasteiger partial charge in [0.25, 0.3) is 5.56 Å². The van der Waals surface area contributed by atoms with Gasteiger partial charge in [-0.2, -0.15) is 0 Å². The van der Waals surface area contributed by atoms with Gasteiger partial charge in [-0.15, -0.1) is 0 Å². The zero-order valence-electron chi connectivity index (χ0n) is 20.7. The predicted molar refractivity (Wildman–Crippen MR) is 148 cm³/mol. The maximum Gasteiger partial charge on any atom is 0.338 e. The fraction of sp³-hybridized carbons (Fsp3) is 0.179. The molecular formula is C28H22Cl2N2O5S. The summed E-state index contributed by atoms with van der Waals surface area (Å²) >= 11 is 13.5. The van der Waals surface area contributed by atoms with Crippen molar-refractivity contribution in [3.05, 3.63) is 107 Å². The van der Waals surface area contributed by atoms with Crippen LogP contribution >= 0.6 is 34.5 Å². The number of thiazole rings is 1. The highest BCUT2D eigenvalue weighted by atomic mass is 35.5. The van der Waals surface area contributed by atoms with E-state index in [0.717, 1.165) is 5.56 Å². The van der Waals surface area contributed by atoms with Crippen LogP contribution in [0.1, 0.15) is 31.2 Å². The van der Waals surface area contributed by atoms with Crippen LogP contribution in [0.4, 0.5) is 0 Å². The molecule has 0 bridgehead atoms. The number of furan rings is 1. The molecule has 0 saturated heterocycles. The SMILES string of the molecule is CCOC(=O)C1=C(C)N=c2s/c(=C\c3ccc(OC)cc3)c(=O)n2[C@@H]1c1ccc(-c2ccc(Cl)c(Cl)c2)o1. The normalized spacial score (nSPS) is 15.3. The average Bonchev–Trinajstić information content (AvgIpc) is 3.50. The van der Waals surface area contributed by atoms with Crippen LogP contribution in [-0.2, 0) is 9.53 Å². The van der Waals surface area contributed by atoms with Gasteiger partial charge in [0.2, 0.25) is 0 Å². The van der Waals surface area contributed by atoms with Crippen LogP contribution in [-0.4, -0.2) is 24.3 Å². The minimum atomic E-state index is -0.861. The Balaban J connectivity index is 1.66. The fourth-order valence-electron chi connectivity index (χ4n) is 4.22. The van der Waals surface area contributed by atoms with E-state index in [1.807, 2.05) is 24.3 Å². The first-order valence-corrected chi connectivity index (χ1v) is 13.3. The standard InChI is InChI=1S/C28H22Cl2N2O5S/c1-4-36-27(34)24-15(2)31-28-32(26(33)23(38-28)13-16-5-8-18(35-3)9-6-16)25(24)22-12-11-21(37-22)17-7-10-19(29)20(30)14-17/h5-14,25H,4H2,1-3H3/b23-13-/t25-/m1/s1. The molecule has 0 N–H and O–H groups in total. The summed E-state index contributed by atoms with van der Waals surface area (Å²) in [7, 11) is 1.60. The number of fused-ring (bicyclic) bond motifs is 1. The lowest BCUT2D eigenvalue weighted by molar-refractivity contribution is -0.139. The van der Waals surface area contributed by atoms with Crippen molar-refractivity contribution in [3.63, 3.8) is 0 Å². The quantitative estimate of drug-likeness (QED) is 0.292. The molecule has 0 saturated carbocycles. The molecule has 194 valence electrons. The van der Waals surface area contributed by atoms with Gasteiger partial charge in [0.05, 0.1) is 39.6 Å². The Labute approximate surface area is 231 Å². The summed E-state index contributed by atoms with van der Waals surface area (Å²) in [4.78, 5) is 31.9. The van der Waals surface area contributed by atoms with E-state index in [9.17, 15) is 9.59 Å². The Hall–Kier alpha value is -3.59. The molecule has 1 aliphatic heterocycles. The second kappa shape index (κ2) is 10.6. The summed E-state index contributed by atoms with van der Waals surface area (Å²) in [6.07, 6.45) is 1.78. The van der Waals surface area contributed by atoms with Crippen molar-refractivity contribution in [1.82, 2.24) is 4.57 Å². The molecule has 0 amide bonds. The van der Waals surface area contributed by atoms with Crippen LogP contribution in [0, 0.1) is 0 Å². The largest absolute Gasteiger partial charge is 0.497 e. The third-order valence-electron chi connectivity index (χ3n) is 6.03. The first-order chi connectivity index (χ1) is 18.3. The minimum absolute atomic E-state index is 0.177. The number of methoxy groups -OCH3 is 1. The number of rotatable bonds is 6. The molecule has 7 nitrogen and oxygen atoms in total. The summed E-state index contributed by atoms with van der Waals surface area (Å²) in [6, 6.07) is 15.2. The fourth-order valence-corrected chi connectivity index (χ4v) is 5.56. The first-order valence-electron chi connectivity index (χ1n) is 11.7. The molecule has 4 aromatic rings. The number of carbonyl (C=O) groups is 1. The number of nitrogens with zero attached hydrogens (tertiary/aromatic N) is 2. The molecule has 2 aromatic carbocycles. The van der Waals surface area contributed by atoms with Gasteiger partial charge in [0.1, 0.15) is 23.3 Å². The van der Waals surface area contributed by atoms with Gasteiger partial charge < -0.3 is 13.9 Å². The third-order valence-corrected chi connectivity index (χ3v) is 7.75. The highest BCUT2D eigenvalue weighted by molar-refractivity contribution is 7.07. The van der Waals surface area contributed by atoms with Crippen molar-refractivity contribution in [2.24, 2.45) is 4.99 Å². The third kappa shape index (κ3) is 4.82. The van der Waals surface area contributed by atoms with Crippen LogP contribution in [0.25, 0.3) is 17.4 Å². The molecule has 10 heteroatoms. The number of ether oxygens (including phenoxy) is 2. The van der Waals surface area contributed by atoms with Gasteiger partial charge in [-0.05, 0) is 68.0 Å². The van der Waals surface area contributed by atoms with E-state index in [4.69, 9.17) is 37.1 Å². The number of benzene rings is 2. The minimum Gasteiger partial charge on any atom is -0.497 e. The Kier molecular flexibility index (Phi) is 7.29. The Morgan fingerprint density at radius 3 is 2.58 bits per heavy atom. The van der Waals surface area contributed by atoms with Crippen molar-refractivity contribution >= 4 is 46.6 Å². The van der Waals surface area contributed by atoms with Gasteiger partial charge in [0, 0.05) is 5.56 Å². The topological polar surface area (TPSA) is 83.0 Å². The number of carbonyl (C=O) groups excluding carboxylic acids is 1. The van der Waals surface area contributed by atoms with E-state index in [1.54, 1.807) is 57.4 Å². The molecule has 0 fully saturated rings. The Bertz CT molecular complexity index is 1750. The lowest BCUT2D eigenvalue weighted by Crippen LogP contribution is -2.39. The van der Waals surface area contributed by atoms with E-state index < -0.39 is 12.0 Å². The van der Waals surface area contributed by atoms with Gasteiger partial charge in [0.15, 0.2) is 4.80 Å². The highest BCUT2D eigenvalue weighted by Crippen LogP contribution is 2.35. The maximum atomic E-state index is 13.7. The molecule has 5 rings (SSSR count). The molecule has 0 spiro atoms. The van der Waals surface area contributed by atoms with Crippen molar-refractivity contribution in [2.75, 3.05) is 13.7 Å². The summed E-state index contributed by atoms with van der Waals surface area (Å²) in [6.45, 7) is 3.63. The Morgan fingerprint density at radius 1 is 1.13 bits per heavy atom. The van der Waals surface area contributed by atoms with E-state index in [-0.39, 0.29) is 17.7 Å². The maximum absolute atomic E-state index is 13.7. The zero-order valence-corrected chi connectivity index (χ0v) is 23.0. The smallest absolute Gasteiger partial charge is 0.338 e. The van der Waals surface area contributed by atoms with Crippen LogP contribution in [0.3, 0.4) is 0 Å². The molecule has 0 aliphatic carbocycles. The number of hydrogen-bond acceptors (Lipinski definition) is 7. The predicted octanol–water partition coefficient (Wildman–Crippen LogP) is 5.37. The monoisotopic (exact) mass is 568 g/mol. The lowest BCUT2D eigenvalue weighted by atomic mass is 10.0. The molecule has 0 radical (unpaired) electrons. The van der Waals surface area contributed by atoms with Gasteiger partial charge in [-0.1, -0.05) is 46.7 Å². The lowest BCUT2D eigenvalue weighted by Gasteiger charge is -2.22. The zero-order chi connectivity index (χ0) is 27.0. The van der Waals surface area contributed by atoms with Crippen molar-refractivity contribution in [3.8, 4) is 17.1 Å². The molecule has 3 heterocycles. The molecule has 2 aromatic heterocycles. The summed E-state index contributed by atoms with van der Waals surface area (Å²) < 4.78 is 18.7. The second-order valence-corrected chi connectivity index (χ2v) is 10.2. The molecule has 38 heavy (non-hydrogen) atoms. The average molecular weight is 569 g/mol. The van der Waals surface area contributed by atoms with Crippen molar-refractivity contribution < 1.29 is 18.7 Å². The van der Waals surface area contributed by atoms with Gasteiger partial charge in [-0.3, -0.25) is 9.36 Å². The van der Waals surface area contributed by atoms with E-state index >= 15 is 0 Å². The van der Waals surface area contributed by atoms with Crippen molar-refractivity contribution in [2.45, 2.75) is 19.9 Å². The Morgan fingerprint density at radius 2 is 1.89 bits per heavy atom. The van der Waals surface area contributed by atoms with E-state index in [2.05, 4.69) is 4.99 Å². The molecular weight excluding hydrogens is 547 g/mol. The molecule has 1 atom stereocenters. The van der Waals surface area contributed by atoms with Crippen molar-refractivity contribution in [1.29, 1.82) is 0 Å². The molecule has 0 unspecified atom stereocenters. The number of halogens is 2. The van der Waals surface area contributed by atoms with Crippen LogP contribution in [0.5, 0.6) is 5.75 Å². The summed E-state index contributed by atoms with van der Waals surface area (Å²) in [5, 5.41) is 0.811. The van der Waals surface area contributed by atoms with Crippen LogP contribution < -0.4 is 19.6 Å². The number of hydrogen-bond donors (Lipinski definition) is 0. The van der Waals surface area contributed by atoms with E-state index in [1.165, 1.54) is 15.9 Å². The molecule has 1 aliphatic rings. The first kappa shape index (κ1) is 26.0. The second-order valence-electron chi connectivity index (χ2n) is 8.41. The van der Waals surface area contributed by atoms with E-state index in [0.29, 0.717) is 47.9 Å². The van der Waals surface area contributed by atoms with Gasteiger partial charge >= 0.3 is 5.97 Å². The number of esters is 1. The van der Waals surface area contributed by atoms with Gasteiger partial charge in [-0.25, -0.2) is 9.79 Å². The number of allylic oxidation sites excluding steroid dienone is 1. The summed E-state index contributed by atoms with van der Waals surface area (Å²) in [5.41, 5.74) is 1.93. The highest BCUT2D eigenvalue weighted by Gasteiger charge is 2.35. The van der Waals surface area contributed by atoms with Crippen LogP contribution in [0.2, 0.25) is 10.0 Å². The number of aromatic nitrogens is 1.